The molecule has 0 aromatic carbocycles. The minimum atomic E-state index is -0.829. The van der Waals surface area contributed by atoms with Gasteiger partial charge in [0.25, 0.3) is 0 Å². The van der Waals surface area contributed by atoms with E-state index in [1.807, 2.05) is 41.5 Å². The van der Waals surface area contributed by atoms with Gasteiger partial charge in [0.1, 0.15) is 11.4 Å². The number of ether oxygens (including phenoxy) is 1. The first-order valence-corrected chi connectivity index (χ1v) is 8.39. The summed E-state index contributed by atoms with van der Waals surface area (Å²) >= 11 is 0. The summed E-state index contributed by atoms with van der Waals surface area (Å²) in [4.78, 5) is 24.7. The smallest absolute Gasteiger partial charge is 0.161 e. The standard InChI is InChI=1S/C19H36O3/c1-11-18(9,15(21)16(4,5)6)13-19(10,12-2)22-17(7,8)14(3)20/h11-13H2,1-10H3. The molecule has 0 heterocycles. The highest BCUT2D eigenvalue weighted by molar-refractivity contribution is 5.89. The maximum Gasteiger partial charge on any atom is 0.161 e. The molecule has 0 saturated carbocycles. The Morgan fingerprint density at radius 1 is 0.864 bits per heavy atom. The highest BCUT2D eigenvalue weighted by Crippen LogP contribution is 2.42. The average molecular weight is 312 g/mol. The third kappa shape index (κ3) is 5.19. The van der Waals surface area contributed by atoms with E-state index in [0.717, 1.165) is 12.8 Å². The van der Waals surface area contributed by atoms with Crippen molar-refractivity contribution in [1.29, 1.82) is 0 Å². The van der Waals surface area contributed by atoms with Crippen LogP contribution in [0, 0.1) is 10.8 Å². The molecule has 0 aromatic heterocycles. The molecule has 3 heteroatoms. The van der Waals surface area contributed by atoms with Crippen LogP contribution < -0.4 is 0 Å². The van der Waals surface area contributed by atoms with Crippen molar-refractivity contribution in [1.82, 2.24) is 0 Å². The van der Waals surface area contributed by atoms with Gasteiger partial charge in [-0.15, -0.1) is 0 Å². The van der Waals surface area contributed by atoms with E-state index in [1.54, 1.807) is 20.8 Å². The van der Waals surface area contributed by atoms with Gasteiger partial charge in [0.05, 0.1) is 5.60 Å². The predicted molar refractivity (Wildman–Crippen MR) is 92.0 cm³/mol. The Morgan fingerprint density at radius 3 is 1.59 bits per heavy atom. The molecule has 3 nitrogen and oxygen atoms in total. The topological polar surface area (TPSA) is 43.4 Å². The average Bonchev–Trinajstić information content (AvgIpc) is 2.35. The molecule has 2 unspecified atom stereocenters. The minimum absolute atomic E-state index is 0.00697. The van der Waals surface area contributed by atoms with Crippen molar-refractivity contribution >= 4 is 11.6 Å². The van der Waals surface area contributed by atoms with Crippen molar-refractivity contribution in [2.45, 2.75) is 99.7 Å². The summed E-state index contributed by atoms with van der Waals surface area (Å²) in [6, 6.07) is 0. The van der Waals surface area contributed by atoms with Gasteiger partial charge < -0.3 is 4.74 Å². The Bertz CT molecular complexity index is 417. The van der Waals surface area contributed by atoms with Crippen LogP contribution in [0.3, 0.4) is 0 Å². The van der Waals surface area contributed by atoms with Crippen LogP contribution in [0.2, 0.25) is 0 Å². The summed E-state index contributed by atoms with van der Waals surface area (Å²) in [6.07, 6.45) is 2.15. The highest BCUT2D eigenvalue weighted by atomic mass is 16.5. The Kier molecular flexibility index (Phi) is 6.60. The Hall–Kier alpha value is -0.700. The summed E-state index contributed by atoms with van der Waals surface area (Å²) in [5.74, 6) is 0.263. The van der Waals surface area contributed by atoms with Crippen LogP contribution in [-0.4, -0.2) is 22.8 Å². The monoisotopic (exact) mass is 312 g/mol. The van der Waals surface area contributed by atoms with Gasteiger partial charge in [0, 0.05) is 10.8 Å². The molecule has 0 spiro atoms. The number of carbonyl (C=O) groups is 2. The van der Waals surface area contributed by atoms with E-state index in [4.69, 9.17) is 4.74 Å². The molecule has 0 amide bonds. The van der Waals surface area contributed by atoms with Gasteiger partial charge in [-0.25, -0.2) is 0 Å². The van der Waals surface area contributed by atoms with Gasteiger partial charge >= 0.3 is 0 Å². The molecule has 130 valence electrons. The summed E-state index contributed by atoms with van der Waals surface area (Å²) < 4.78 is 6.19. The van der Waals surface area contributed by atoms with E-state index in [2.05, 4.69) is 6.92 Å². The first-order valence-electron chi connectivity index (χ1n) is 8.39. The van der Waals surface area contributed by atoms with Gasteiger partial charge in [-0.05, 0) is 47.0 Å². The van der Waals surface area contributed by atoms with Crippen molar-refractivity contribution in [3.05, 3.63) is 0 Å². The number of carbonyl (C=O) groups excluding carboxylic acids is 2. The quantitative estimate of drug-likeness (QED) is 0.636. The largest absolute Gasteiger partial charge is 0.362 e. The fourth-order valence-electron chi connectivity index (χ4n) is 3.02. The Morgan fingerprint density at radius 2 is 1.32 bits per heavy atom. The van der Waals surface area contributed by atoms with Gasteiger partial charge in [0.15, 0.2) is 5.78 Å². The second kappa shape index (κ2) is 6.82. The zero-order valence-corrected chi connectivity index (χ0v) is 16.3. The molecule has 0 fully saturated rings. The molecule has 0 aromatic rings. The molecule has 2 atom stereocenters. The summed E-state index contributed by atoms with van der Waals surface area (Å²) in [6.45, 7) is 19.2. The first-order chi connectivity index (χ1) is 9.63. The van der Waals surface area contributed by atoms with Crippen LogP contribution in [0.15, 0.2) is 0 Å². The first kappa shape index (κ1) is 21.3. The Balaban J connectivity index is 5.50. The van der Waals surface area contributed by atoms with Crippen molar-refractivity contribution in [2.24, 2.45) is 10.8 Å². The normalized spacial score (nSPS) is 18.5. The molecule has 0 saturated heterocycles. The van der Waals surface area contributed by atoms with Gasteiger partial charge in [-0.2, -0.15) is 0 Å². The van der Waals surface area contributed by atoms with E-state index in [0.29, 0.717) is 6.42 Å². The molecule has 0 bridgehead atoms. The lowest BCUT2D eigenvalue weighted by Gasteiger charge is -2.43. The summed E-state index contributed by atoms with van der Waals surface area (Å²) in [5, 5.41) is 0. The zero-order chi connectivity index (χ0) is 18.0. The summed E-state index contributed by atoms with van der Waals surface area (Å²) in [7, 11) is 0. The number of Topliss-reactive ketones (excluding diaryl/α,β-unsaturated/α-hetero) is 2. The van der Waals surface area contributed by atoms with E-state index < -0.39 is 16.6 Å². The highest BCUT2D eigenvalue weighted by Gasteiger charge is 2.45. The maximum atomic E-state index is 12.9. The third-order valence-electron chi connectivity index (χ3n) is 4.87. The van der Waals surface area contributed by atoms with Crippen LogP contribution in [0.25, 0.3) is 0 Å². The van der Waals surface area contributed by atoms with Crippen molar-refractivity contribution in [3.63, 3.8) is 0 Å². The fraction of sp³-hybridized carbons (Fsp3) is 0.895. The molecular weight excluding hydrogens is 276 g/mol. The molecule has 0 rings (SSSR count). The molecule has 0 N–H and O–H groups in total. The summed E-state index contributed by atoms with van der Waals surface area (Å²) in [5.41, 5.74) is -2.16. The van der Waals surface area contributed by atoms with Crippen LogP contribution in [0.1, 0.15) is 88.5 Å². The number of rotatable bonds is 8. The van der Waals surface area contributed by atoms with E-state index in [9.17, 15) is 9.59 Å². The van der Waals surface area contributed by atoms with E-state index >= 15 is 0 Å². The second-order valence-corrected chi connectivity index (χ2v) is 8.64. The fourth-order valence-corrected chi connectivity index (χ4v) is 3.02. The predicted octanol–water partition coefficient (Wildman–Crippen LogP) is 4.96. The number of ketones is 2. The lowest BCUT2D eigenvalue weighted by atomic mass is 9.66. The van der Waals surface area contributed by atoms with Crippen LogP contribution in [0.5, 0.6) is 0 Å². The van der Waals surface area contributed by atoms with Crippen LogP contribution >= 0.6 is 0 Å². The molecule has 0 aliphatic rings. The third-order valence-corrected chi connectivity index (χ3v) is 4.87. The lowest BCUT2D eigenvalue weighted by molar-refractivity contribution is -0.172. The van der Waals surface area contributed by atoms with Crippen LogP contribution in [0.4, 0.5) is 0 Å². The molecule has 0 aliphatic heterocycles. The molecule has 0 radical (unpaired) electrons. The molecule has 0 aliphatic carbocycles. The second-order valence-electron chi connectivity index (χ2n) is 8.64. The van der Waals surface area contributed by atoms with Crippen molar-refractivity contribution in [3.8, 4) is 0 Å². The number of hydrogen-bond donors (Lipinski definition) is 0. The lowest BCUT2D eigenvalue weighted by Crippen LogP contribution is -2.48. The minimum Gasteiger partial charge on any atom is -0.362 e. The molecule has 22 heavy (non-hydrogen) atoms. The van der Waals surface area contributed by atoms with Crippen molar-refractivity contribution in [2.75, 3.05) is 0 Å². The zero-order valence-electron chi connectivity index (χ0n) is 16.3. The van der Waals surface area contributed by atoms with E-state index in [1.165, 1.54) is 0 Å². The maximum absolute atomic E-state index is 12.9. The van der Waals surface area contributed by atoms with Gasteiger partial charge in [-0.1, -0.05) is 41.5 Å². The van der Waals surface area contributed by atoms with Crippen LogP contribution in [-0.2, 0) is 14.3 Å². The number of hydrogen-bond acceptors (Lipinski definition) is 3. The van der Waals surface area contributed by atoms with Gasteiger partial charge in [-0.3, -0.25) is 9.59 Å². The van der Waals surface area contributed by atoms with Gasteiger partial charge in [0.2, 0.25) is 0 Å². The van der Waals surface area contributed by atoms with E-state index in [-0.39, 0.29) is 17.0 Å². The molecular formula is C19H36O3. The van der Waals surface area contributed by atoms with Crippen molar-refractivity contribution < 1.29 is 14.3 Å². The SMILES string of the molecule is CCC(C)(CC(C)(CC)C(=O)C(C)(C)C)OC(C)(C)C(C)=O. The Labute approximate surface area is 137 Å².